The first-order valence-corrected chi connectivity index (χ1v) is 6.70. The van der Waals surface area contributed by atoms with Crippen molar-refractivity contribution in [1.82, 2.24) is 15.1 Å². The van der Waals surface area contributed by atoms with Crippen LogP contribution in [0.2, 0.25) is 0 Å². The number of hydrogen-bond donors (Lipinski definition) is 1. The van der Waals surface area contributed by atoms with Gasteiger partial charge in [-0.05, 0) is 37.5 Å². The minimum atomic E-state index is -0.260. The molecule has 5 heteroatoms. The highest BCUT2D eigenvalue weighted by Gasteiger charge is 2.33. The molecule has 1 aromatic heterocycles. The minimum Gasteiger partial charge on any atom is -0.331 e. The van der Waals surface area contributed by atoms with Crippen molar-refractivity contribution < 1.29 is 9.18 Å². The van der Waals surface area contributed by atoms with E-state index in [9.17, 15) is 9.18 Å². The summed E-state index contributed by atoms with van der Waals surface area (Å²) in [5.41, 5.74) is 2.33. The first-order chi connectivity index (χ1) is 9.65. The predicted molar refractivity (Wildman–Crippen MR) is 72.6 cm³/mol. The molecule has 1 aliphatic rings. The molecule has 104 valence electrons. The van der Waals surface area contributed by atoms with Crippen molar-refractivity contribution >= 4 is 5.91 Å². The average Bonchev–Trinajstić information content (AvgIpc) is 3.19. The van der Waals surface area contributed by atoms with Crippen LogP contribution < -0.4 is 0 Å². The molecular weight excluding hydrogens is 257 g/mol. The van der Waals surface area contributed by atoms with E-state index in [1.54, 1.807) is 18.3 Å². The Labute approximate surface area is 116 Å². The van der Waals surface area contributed by atoms with Crippen molar-refractivity contribution in [3.05, 3.63) is 53.1 Å². The molecule has 1 saturated carbocycles. The van der Waals surface area contributed by atoms with E-state index < -0.39 is 0 Å². The molecule has 1 heterocycles. The molecular formula is C15H16FN3O. The fourth-order valence-corrected chi connectivity index (χ4v) is 2.26. The smallest absolute Gasteiger partial charge is 0.257 e. The van der Waals surface area contributed by atoms with Crippen molar-refractivity contribution in [3.8, 4) is 0 Å². The Bertz CT molecular complexity index is 616. The van der Waals surface area contributed by atoms with E-state index in [4.69, 9.17) is 0 Å². The number of nitrogens with zero attached hydrogens (tertiary/aromatic N) is 2. The number of hydrogen-bond acceptors (Lipinski definition) is 2. The fourth-order valence-electron chi connectivity index (χ4n) is 2.26. The molecule has 4 nitrogen and oxygen atoms in total. The lowest BCUT2D eigenvalue weighted by Gasteiger charge is -2.22. The van der Waals surface area contributed by atoms with Gasteiger partial charge in [0.05, 0.1) is 11.8 Å². The number of halogens is 1. The van der Waals surface area contributed by atoms with Crippen LogP contribution in [0.4, 0.5) is 4.39 Å². The number of aromatic nitrogens is 2. The first-order valence-electron chi connectivity index (χ1n) is 6.70. The number of aromatic amines is 1. The van der Waals surface area contributed by atoms with Gasteiger partial charge >= 0.3 is 0 Å². The quantitative estimate of drug-likeness (QED) is 0.931. The van der Waals surface area contributed by atoms with E-state index in [1.165, 1.54) is 12.1 Å². The maximum atomic E-state index is 12.9. The molecule has 0 spiro atoms. The second kappa shape index (κ2) is 5.07. The first kappa shape index (κ1) is 12.8. The third-order valence-electron chi connectivity index (χ3n) is 3.58. The summed E-state index contributed by atoms with van der Waals surface area (Å²) in [6, 6.07) is 6.59. The van der Waals surface area contributed by atoms with Gasteiger partial charge in [-0.15, -0.1) is 0 Å². The fraction of sp³-hybridized carbons (Fsp3) is 0.333. The van der Waals surface area contributed by atoms with E-state index in [2.05, 4.69) is 10.2 Å². The summed E-state index contributed by atoms with van der Waals surface area (Å²) in [5.74, 6) is -0.271. The lowest BCUT2D eigenvalue weighted by molar-refractivity contribution is 0.0729. The van der Waals surface area contributed by atoms with E-state index in [1.807, 2.05) is 11.8 Å². The van der Waals surface area contributed by atoms with Crippen LogP contribution in [0.15, 0.2) is 30.5 Å². The molecule has 1 amide bonds. The zero-order valence-electron chi connectivity index (χ0n) is 11.3. The van der Waals surface area contributed by atoms with Gasteiger partial charge in [0.15, 0.2) is 0 Å². The molecule has 2 aromatic rings. The average molecular weight is 273 g/mol. The second-order valence-corrected chi connectivity index (χ2v) is 5.20. The van der Waals surface area contributed by atoms with Gasteiger partial charge in [-0.2, -0.15) is 5.10 Å². The van der Waals surface area contributed by atoms with Gasteiger partial charge < -0.3 is 4.90 Å². The molecule has 1 N–H and O–H groups in total. The molecule has 1 aromatic carbocycles. The van der Waals surface area contributed by atoms with Gasteiger partial charge in [-0.1, -0.05) is 12.1 Å². The molecule has 1 aliphatic carbocycles. The number of nitrogens with one attached hydrogen (secondary N) is 1. The highest BCUT2D eigenvalue weighted by Crippen LogP contribution is 2.30. The summed E-state index contributed by atoms with van der Waals surface area (Å²) >= 11 is 0. The van der Waals surface area contributed by atoms with Crippen LogP contribution >= 0.6 is 0 Å². The SMILES string of the molecule is Cc1[nH]ncc1C(=O)N(Cc1ccc(F)cc1)C1CC1. The Hall–Kier alpha value is -2.17. The zero-order chi connectivity index (χ0) is 14.1. The van der Waals surface area contributed by atoms with Crippen molar-refractivity contribution in [2.45, 2.75) is 32.4 Å². The summed E-state index contributed by atoms with van der Waals surface area (Å²) in [5, 5.41) is 6.69. The second-order valence-electron chi connectivity index (χ2n) is 5.20. The monoisotopic (exact) mass is 273 g/mol. The Kier molecular flexibility index (Phi) is 3.26. The molecule has 0 bridgehead atoms. The van der Waals surface area contributed by atoms with Gasteiger partial charge in [-0.25, -0.2) is 4.39 Å². The van der Waals surface area contributed by atoms with Crippen molar-refractivity contribution in [2.24, 2.45) is 0 Å². The third kappa shape index (κ3) is 2.57. The molecule has 0 unspecified atom stereocenters. The lowest BCUT2D eigenvalue weighted by Crippen LogP contribution is -2.32. The molecule has 0 aliphatic heterocycles. The number of benzene rings is 1. The predicted octanol–water partition coefficient (Wildman–Crippen LogP) is 2.66. The lowest BCUT2D eigenvalue weighted by atomic mass is 10.1. The Morgan fingerprint density at radius 3 is 2.65 bits per heavy atom. The number of amides is 1. The van der Waals surface area contributed by atoms with E-state index >= 15 is 0 Å². The molecule has 0 radical (unpaired) electrons. The standard InChI is InChI=1S/C15H16FN3O/c1-10-14(8-17-18-10)15(20)19(13-6-7-13)9-11-2-4-12(16)5-3-11/h2-5,8,13H,6-7,9H2,1H3,(H,17,18). The topological polar surface area (TPSA) is 49.0 Å². The number of aryl methyl sites for hydroxylation is 1. The van der Waals surface area contributed by atoms with Crippen molar-refractivity contribution in [1.29, 1.82) is 0 Å². The van der Waals surface area contributed by atoms with E-state index in [-0.39, 0.29) is 11.7 Å². The van der Waals surface area contributed by atoms with Gasteiger partial charge in [-0.3, -0.25) is 9.89 Å². The van der Waals surface area contributed by atoms with Crippen LogP contribution in [0.25, 0.3) is 0 Å². The highest BCUT2D eigenvalue weighted by molar-refractivity contribution is 5.95. The molecule has 1 fully saturated rings. The Morgan fingerprint density at radius 2 is 2.10 bits per heavy atom. The van der Waals surface area contributed by atoms with Crippen molar-refractivity contribution in [2.75, 3.05) is 0 Å². The van der Waals surface area contributed by atoms with E-state index in [0.29, 0.717) is 18.2 Å². The zero-order valence-corrected chi connectivity index (χ0v) is 11.3. The molecule has 0 saturated heterocycles. The van der Waals surface area contributed by atoms with E-state index in [0.717, 1.165) is 24.1 Å². The largest absolute Gasteiger partial charge is 0.331 e. The summed E-state index contributed by atoms with van der Waals surface area (Å²) in [6.07, 6.45) is 3.63. The number of carbonyl (C=O) groups is 1. The Balaban J connectivity index is 1.81. The molecule has 0 atom stereocenters. The van der Waals surface area contributed by atoms with Crippen LogP contribution in [-0.4, -0.2) is 27.0 Å². The third-order valence-corrected chi connectivity index (χ3v) is 3.58. The van der Waals surface area contributed by atoms with Gasteiger partial charge in [0, 0.05) is 18.3 Å². The number of rotatable bonds is 4. The van der Waals surface area contributed by atoms with Gasteiger partial charge in [0.25, 0.3) is 5.91 Å². The van der Waals surface area contributed by atoms with Gasteiger partial charge in [0.2, 0.25) is 0 Å². The summed E-state index contributed by atoms with van der Waals surface area (Å²) in [4.78, 5) is 14.4. The van der Waals surface area contributed by atoms with Crippen LogP contribution in [0.5, 0.6) is 0 Å². The maximum absolute atomic E-state index is 12.9. The van der Waals surface area contributed by atoms with Crippen LogP contribution in [0, 0.1) is 12.7 Å². The molecule has 3 rings (SSSR count). The Morgan fingerprint density at radius 1 is 1.40 bits per heavy atom. The summed E-state index contributed by atoms with van der Waals surface area (Å²) < 4.78 is 12.9. The van der Waals surface area contributed by atoms with Crippen molar-refractivity contribution in [3.63, 3.8) is 0 Å². The van der Waals surface area contributed by atoms with Crippen LogP contribution in [0.1, 0.15) is 34.5 Å². The van der Waals surface area contributed by atoms with Crippen LogP contribution in [-0.2, 0) is 6.54 Å². The normalized spacial score (nSPS) is 14.3. The number of H-pyrrole nitrogens is 1. The van der Waals surface area contributed by atoms with Gasteiger partial charge in [0.1, 0.15) is 5.82 Å². The molecule has 20 heavy (non-hydrogen) atoms. The highest BCUT2D eigenvalue weighted by atomic mass is 19.1. The number of carbonyl (C=O) groups excluding carboxylic acids is 1. The summed E-state index contributed by atoms with van der Waals surface area (Å²) in [7, 11) is 0. The summed E-state index contributed by atoms with van der Waals surface area (Å²) in [6.45, 7) is 2.34. The maximum Gasteiger partial charge on any atom is 0.257 e. The minimum absolute atomic E-state index is 0.0110. The van der Waals surface area contributed by atoms with Crippen LogP contribution in [0.3, 0.4) is 0 Å².